The van der Waals surface area contributed by atoms with Crippen LogP contribution in [-0.4, -0.2) is 17.5 Å². The molecule has 9 heteroatoms. The molecule has 0 aromatic heterocycles. The number of carbonyl (C=O) groups excluding carboxylic acids is 2. The monoisotopic (exact) mass is 476 g/mol. The maximum atomic E-state index is 13.2. The molecule has 4 nitrogen and oxygen atoms in total. The van der Waals surface area contributed by atoms with E-state index in [1.54, 1.807) is 22.6 Å². The van der Waals surface area contributed by atoms with Gasteiger partial charge in [-0.25, -0.2) is 4.79 Å². The van der Waals surface area contributed by atoms with Crippen molar-refractivity contribution in [3.05, 3.63) is 25.7 Å². The lowest BCUT2D eigenvalue weighted by Crippen LogP contribution is -2.45. The van der Waals surface area contributed by atoms with Gasteiger partial charge < -0.3 is 0 Å². The van der Waals surface area contributed by atoms with Crippen LogP contribution in [0.2, 0.25) is 0 Å². The molecule has 0 bridgehead atoms. The van der Waals surface area contributed by atoms with Crippen molar-refractivity contribution in [1.82, 2.24) is 5.32 Å². The first-order valence-corrected chi connectivity index (χ1v) is 7.55. The summed E-state index contributed by atoms with van der Waals surface area (Å²) >= 11 is 4.90. The highest BCUT2D eigenvalue weighted by Crippen LogP contribution is 2.42. The summed E-state index contributed by atoms with van der Waals surface area (Å²) in [5, 5.41) is 2.03. The molecule has 21 heavy (non-hydrogen) atoms. The fourth-order valence-electron chi connectivity index (χ4n) is 2.02. The Morgan fingerprint density at radius 3 is 2.29 bits per heavy atom. The molecule has 1 aliphatic heterocycles. The predicted octanol–water partition coefficient (Wildman–Crippen LogP) is 3.91. The summed E-state index contributed by atoms with van der Waals surface area (Å²) < 4.78 is 40.4. The van der Waals surface area contributed by atoms with Gasteiger partial charge in [0, 0.05) is 8.04 Å². The molecule has 0 spiro atoms. The highest BCUT2D eigenvalue weighted by molar-refractivity contribution is 14.1. The molecule has 0 aliphatic carbocycles. The van der Waals surface area contributed by atoms with Crippen LogP contribution in [0.25, 0.3) is 0 Å². The highest BCUT2D eigenvalue weighted by atomic mass is 127. The van der Waals surface area contributed by atoms with E-state index in [0.29, 0.717) is 8.04 Å². The Kier molecular flexibility index (Phi) is 4.02. The smallest absolute Gasteiger partial charge is 0.279 e. The fraction of sp³-hybridized carbons (Fsp3) is 0.333. The molecule has 1 fully saturated rings. The van der Waals surface area contributed by atoms with Gasteiger partial charge in [0.15, 0.2) is 0 Å². The number of anilines is 1. The third-order valence-corrected chi connectivity index (χ3v) is 5.41. The van der Waals surface area contributed by atoms with Crippen LogP contribution in [0, 0.1) is 3.57 Å². The minimum Gasteiger partial charge on any atom is -0.279 e. The van der Waals surface area contributed by atoms with E-state index in [-0.39, 0.29) is 5.69 Å². The Hall–Kier alpha value is -0.840. The Bertz CT molecular complexity index is 646. The highest BCUT2D eigenvalue weighted by Gasteiger charge is 2.49. The van der Waals surface area contributed by atoms with Crippen LogP contribution >= 0.6 is 38.5 Å². The summed E-state index contributed by atoms with van der Waals surface area (Å²) in [7, 11) is 0. The molecule has 1 aromatic carbocycles. The third kappa shape index (κ3) is 2.77. The van der Waals surface area contributed by atoms with E-state index in [1.165, 1.54) is 19.9 Å². The lowest BCUT2D eigenvalue weighted by molar-refractivity contribution is -0.137. The van der Waals surface area contributed by atoms with Crippen molar-refractivity contribution >= 4 is 56.1 Å². The zero-order chi connectivity index (χ0) is 16.2. The summed E-state index contributed by atoms with van der Waals surface area (Å²) in [5.41, 5.74) is -2.72. The second kappa shape index (κ2) is 5.11. The molecule has 1 aliphatic rings. The Labute approximate surface area is 140 Å². The van der Waals surface area contributed by atoms with E-state index in [2.05, 4.69) is 15.9 Å². The number of hydrogen-bond donors (Lipinski definition) is 1. The zero-order valence-electron chi connectivity index (χ0n) is 10.8. The summed E-state index contributed by atoms with van der Waals surface area (Å²) in [5.74, 6) is -0.643. The van der Waals surface area contributed by atoms with E-state index in [0.717, 1.165) is 11.0 Å². The molecule has 0 atom stereocenters. The number of alkyl halides is 3. The van der Waals surface area contributed by atoms with Crippen molar-refractivity contribution in [2.24, 2.45) is 0 Å². The lowest BCUT2D eigenvalue weighted by Gasteiger charge is -2.30. The van der Waals surface area contributed by atoms with Crippen molar-refractivity contribution in [2.45, 2.75) is 25.6 Å². The first-order valence-electron chi connectivity index (χ1n) is 5.68. The van der Waals surface area contributed by atoms with Gasteiger partial charge in [-0.3, -0.25) is 15.0 Å². The van der Waals surface area contributed by atoms with Gasteiger partial charge in [-0.1, -0.05) is 0 Å². The SMILES string of the molecule is CC1(C)C(=O)NC(=O)N1c1cc(Br)c(I)cc1C(F)(F)F. The Morgan fingerprint density at radius 1 is 1.29 bits per heavy atom. The number of nitrogens with one attached hydrogen (secondary N) is 1. The number of halogens is 5. The second-order valence-electron chi connectivity index (χ2n) is 4.93. The van der Waals surface area contributed by atoms with Crippen molar-refractivity contribution in [3.63, 3.8) is 0 Å². The van der Waals surface area contributed by atoms with Crippen LogP contribution in [0.4, 0.5) is 23.7 Å². The van der Waals surface area contributed by atoms with Crippen LogP contribution in [0.5, 0.6) is 0 Å². The number of rotatable bonds is 1. The Balaban J connectivity index is 2.71. The van der Waals surface area contributed by atoms with E-state index in [4.69, 9.17) is 0 Å². The van der Waals surface area contributed by atoms with E-state index >= 15 is 0 Å². The lowest BCUT2D eigenvalue weighted by atomic mass is 10.0. The van der Waals surface area contributed by atoms with Crippen molar-refractivity contribution in [1.29, 1.82) is 0 Å². The molecule has 2 rings (SSSR count). The summed E-state index contributed by atoms with van der Waals surface area (Å²) in [6.45, 7) is 2.78. The fourth-order valence-corrected chi connectivity index (χ4v) is 2.82. The zero-order valence-corrected chi connectivity index (χ0v) is 14.6. The number of nitrogens with zero attached hydrogens (tertiary/aromatic N) is 1. The standard InChI is InChI=1S/C12H9BrF3IN2O2/c1-11(2)9(20)18-10(21)19(11)8-4-6(13)7(17)3-5(8)12(14,15)16/h3-4H,1-2H3,(H,18,20,21). The first kappa shape index (κ1) is 16.5. The Morgan fingerprint density at radius 2 is 1.86 bits per heavy atom. The second-order valence-corrected chi connectivity index (χ2v) is 6.95. The summed E-state index contributed by atoms with van der Waals surface area (Å²) in [6, 6.07) is 1.26. The largest absolute Gasteiger partial charge is 0.418 e. The number of carbonyl (C=O) groups is 2. The van der Waals surface area contributed by atoms with Crippen LogP contribution in [0.1, 0.15) is 19.4 Å². The quantitative estimate of drug-likeness (QED) is 0.493. The number of imide groups is 1. The van der Waals surface area contributed by atoms with Crippen LogP contribution in [0.15, 0.2) is 16.6 Å². The average Bonchev–Trinajstić information content (AvgIpc) is 2.50. The van der Waals surface area contributed by atoms with Crippen LogP contribution in [-0.2, 0) is 11.0 Å². The van der Waals surface area contributed by atoms with Crippen LogP contribution < -0.4 is 10.2 Å². The van der Waals surface area contributed by atoms with Crippen molar-refractivity contribution in [3.8, 4) is 0 Å². The summed E-state index contributed by atoms with van der Waals surface area (Å²) in [4.78, 5) is 24.5. The number of benzene rings is 1. The molecule has 1 N–H and O–H groups in total. The van der Waals surface area contributed by atoms with Gasteiger partial charge in [-0.2, -0.15) is 13.2 Å². The van der Waals surface area contributed by atoms with Gasteiger partial charge in [0.2, 0.25) is 0 Å². The summed E-state index contributed by atoms with van der Waals surface area (Å²) in [6.07, 6.45) is -4.64. The molecule has 0 saturated carbocycles. The average molecular weight is 477 g/mol. The number of urea groups is 1. The van der Waals surface area contributed by atoms with E-state index in [1.807, 2.05) is 5.32 Å². The first-order chi connectivity index (χ1) is 9.46. The van der Waals surface area contributed by atoms with Gasteiger partial charge >= 0.3 is 12.2 Å². The topological polar surface area (TPSA) is 49.4 Å². The van der Waals surface area contributed by atoms with Crippen molar-refractivity contribution < 1.29 is 22.8 Å². The number of amides is 3. The van der Waals surface area contributed by atoms with Crippen molar-refractivity contribution in [2.75, 3.05) is 4.90 Å². The minimum absolute atomic E-state index is 0.354. The third-order valence-electron chi connectivity index (χ3n) is 3.12. The molecule has 1 aromatic rings. The normalized spacial score (nSPS) is 18.1. The van der Waals surface area contributed by atoms with Gasteiger partial charge in [0.1, 0.15) is 5.54 Å². The minimum atomic E-state index is -4.64. The molecule has 0 radical (unpaired) electrons. The predicted molar refractivity (Wildman–Crippen MR) is 82.0 cm³/mol. The molecule has 1 heterocycles. The molecular weight excluding hydrogens is 468 g/mol. The van der Waals surface area contributed by atoms with Gasteiger partial charge in [0.25, 0.3) is 5.91 Å². The van der Waals surface area contributed by atoms with E-state index in [9.17, 15) is 22.8 Å². The molecular formula is C12H9BrF3IN2O2. The van der Waals surface area contributed by atoms with E-state index < -0.39 is 29.2 Å². The number of hydrogen-bond acceptors (Lipinski definition) is 2. The maximum Gasteiger partial charge on any atom is 0.418 e. The molecule has 114 valence electrons. The van der Waals surface area contributed by atoms with Gasteiger partial charge in [-0.15, -0.1) is 0 Å². The van der Waals surface area contributed by atoms with Gasteiger partial charge in [0.05, 0.1) is 11.3 Å². The molecule has 0 unspecified atom stereocenters. The molecule has 3 amide bonds. The maximum absolute atomic E-state index is 13.2. The molecule has 1 saturated heterocycles. The van der Waals surface area contributed by atoms with Crippen LogP contribution in [0.3, 0.4) is 0 Å². The van der Waals surface area contributed by atoms with Gasteiger partial charge in [-0.05, 0) is 64.5 Å².